The molecule has 0 aliphatic carbocycles. The Labute approximate surface area is 256 Å². The zero-order valence-corrected chi connectivity index (χ0v) is 24.3. The molecule has 2 aromatic carbocycles. The second-order valence-corrected chi connectivity index (χ2v) is 12.3. The number of fused-ring (bicyclic) bond motifs is 1. The molecule has 0 radical (unpaired) electrons. The Kier molecular flexibility index (Phi) is 7.89. The van der Waals surface area contributed by atoms with Crippen molar-refractivity contribution in [1.82, 2.24) is 19.7 Å². The van der Waals surface area contributed by atoms with Gasteiger partial charge in [0.15, 0.2) is 0 Å². The van der Waals surface area contributed by atoms with Crippen molar-refractivity contribution in [1.29, 1.82) is 0 Å². The zero-order valence-electron chi connectivity index (χ0n) is 24.3. The first kappa shape index (κ1) is 32.3. The fourth-order valence-electron chi connectivity index (χ4n) is 6.57. The molecule has 3 aromatic rings. The van der Waals surface area contributed by atoms with E-state index in [9.17, 15) is 44.3 Å². The van der Waals surface area contributed by atoms with Crippen LogP contribution < -0.4 is 4.90 Å². The van der Waals surface area contributed by atoms with Crippen LogP contribution in [0.1, 0.15) is 44.9 Å². The summed E-state index contributed by atoms with van der Waals surface area (Å²) in [7, 11) is 1.79. The number of alkyl halides is 9. The summed E-state index contributed by atoms with van der Waals surface area (Å²) in [6.07, 6.45) is -13.9. The van der Waals surface area contributed by atoms with E-state index < -0.39 is 79.9 Å². The highest BCUT2D eigenvalue weighted by molar-refractivity contribution is 6.10. The van der Waals surface area contributed by atoms with Crippen molar-refractivity contribution in [2.45, 2.75) is 49.9 Å². The van der Waals surface area contributed by atoms with Gasteiger partial charge in [0.2, 0.25) is 0 Å². The summed E-state index contributed by atoms with van der Waals surface area (Å²) >= 11 is 0. The summed E-state index contributed by atoms with van der Waals surface area (Å²) in [5.74, 6) is -4.66. The van der Waals surface area contributed by atoms with E-state index in [1.54, 1.807) is 36.1 Å². The lowest BCUT2D eigenvalue weighted by Gasteiger charge is -2.42. The number of piperidine rings is 1. The Morgan fingerprint density at radius 1 is 0.957 bits per heavy atom. The van der Waals surface area contributed by atoms with Gasteiger partial charge in [0.25, 0.3) is 5.91 Å². The van der Waals surface area contributed by atoms with Gasteiger partial charge in [0.1, 0.15) is 12.2 Å². The van der Waals surface area contributed by atoms with Gasteiger partial charge in [0, 0.05) is 49.8 Å². The van der Waals surface area contributed by atoms with E-state index in [4.69, 9.17) is 4.74 Å². The SMILES string of the molecule is Cn1cnnc1CC1(c2cccc(N3Cc4c(cc(CN5CC(C(F)(F)F)CC(C(F)(F)F)C5)cc4C(F)(F)F)C3=O)c2)COC1. The highest BCUT2D eigenvalue weighted by Crippen LogP contribution is 2.44. The number of anilines is 1. The number of aromatic nitrogens is 3. The molecule has 0 bridgehead atoms. The predicted octanol–water partition coefficient (Wildman–Crippen LogP) is 6.07. The Bertz CT molecular complexity index is 1610. The van der Waals surface area contributed by atoms with Gasteiger partial charge < -0.3 is 14.2 Å². The Morgan fingerprint density at radius 2 is 1.63 bits per heavy atom. The number of benzene rings is 2. The van der Waals surface area contributed by atoms with Crippen LogP contribution in [0.3, 0.4) is 0 Å². The smallest absolute Gasteiger partial charge is 0.379 e. The van der Waals surface area contributed by atoms with Gasteiger partial charge in [-0.05, 0) is 47.4 Å². The monoisotopic (exact) mass is 661 g/mol. The minimum atomic E-state index is -4.94. The van der Waals surface area contributed by atoms with Crippen LogP contribution in [0.15, 0.2) is 42.7 Å². The second-order valence-electron chi connectivity index (χ2n) is 12.3. The summed E-state index contributed by atoms with van der Waals surface area (Å²) < 4.78 is 131. The van der Waals surface area contributed by atoms with Crippen molar-refractivity contribution in [2.75, 3.05) is 31.2 Å². The highest BCUT2D eigenvalue weighted by Gasteiger charge is 2.52. The van der Waals surface area contributed by atoms with Crippen LogP contribution in [0.5, 0.6) is 0 Å². The third kappa shape index (κ3) is 6.08. The maximum absolute atomic E-state index is 14.3. The molecule has 2 saturated heterocycles. The first-order valence-corrected chi connectivity index (χ1v) is 14.4. The Morgan fingerprint density at radius 3 is 2.17 bits per heavy atom. The molecular formula is C30H28F9N5O2. The first-order chi connectivity index (χ1) is 21.4. The molecule has 0 N–H and O–H groups in total. The van der Waals surface area contributed by atoms with Crippen LogP contribution in [-0.4, -0.2) is 64.2 Å². The van der Waals surface area contributed by atoms with E-state index in [2.05, 4.69) is 10.2 Å². The van der Waals surface area contributed by atoms with Gasteiger partial charge in [-0.25, -0.2) is 0 Å². The normalized spacial score (nSPS) is 22.2. The summed E-state index contributed by atoms with van der Waals surface area (Å²) in [4.78, 5) is 15.7. The standard InChI is InChI=1S/C30H28F9N5O2/c1-42-16-40-41-25(42)9-27(14-46-15-27)18-3-2-4-21(8-18)44-13-23-22(26(44)45)5-17(6-24(23)30(37,38)39)10-43-11-19(28(31,32)33)7-20(12-43)29(34,35)36/h2-6,8,16,19-20H,7,9-15H2,1H3. The van der Waals surface area contributed by atoms with Gasteiger partial charge in [-0.1, -0.05) is 12.1 Å². The van der Waals surface area contributed by atoms with Gasteiger partial charge in [-0.15, -0.1) is 10.2 Å². The summed E-state index contributed by atoms with van der Waals surface area (Å²) in [6.45, 7) is -1.96. The number of ether oxygens (including phenoxy) is 1. The van der Waals surface area contributed by atoms with Gasteiger partial charge in [0.05, 0.1) is 37.2 Å². The molecule has 46 heavy (non-hydrogen) atoms. The molecule has 0 spiro atoms. The van der Waals surface area contributed by atoms with E-state index in [-0.39, 0.29) is 16.7 Å². The number of aryl methyl sites for hydroxylation is 1. The number of hydrogen-bond acceptors (Lipinski definition) is 5. The van der Waals surface area contributed by atoms with Crippen LogP contribution in [0.25, 0.3) is 0 Å². The fraction of sp³-hybridized carbons (Fsp3) is 0.500. The first-order valence-electron chi connectivity index (χ1n) is 14.4. The highest BCUT2D eigenvalue weighted by atomic mass is 19.4. The van der Waals surface area contributed by atoms with Crippen molar-refractivity contribution in [3.8, 4) is 0 Å². The number of rotatable bonds is 6. The van der Waals surface area contributed by atoms with E-state index in [0.29, 0.717) is 37.2 Å². The largest absolute Gasteiger partial charge is 0.416 e. The van der Waals surface area contributed by atoms with Crippen molar-refractivity contribution in [3.05, 3.63) is 76.4 Å². The minimum Gasteiger partial charge on any atom is -0.379 e. The third-order valence-electron chi connectivity index (χ3n) is 9.09. The van der Waals surface area contributed by atoms with E-state index in [1.165, 1.54) is 4.90 Å². The van der Waals surface area contributed by atoms with E-state index in [0.717, 1.165) is 16.5 Å². The Hall–Kier alpha value is -3.66. The van der Waals surface area contributed by atoms with Crippen molar-refractivity contribution >= 4 is 11.6 Å². The number of carbonyl (C=O) groups is 1. The maximum atomic E-state index is 14.3. The average Bonchev–Trinajstić information content (AvgIpc) is 3.50. The molecule has 1 aromatic heterocycles. The molecule has 3 aliphatic rings. The lowest BCUT2D eigenvalue weighted by Crippen LogP contribution is -2.49. The van der Waals surface area contributed by atoms with Gasteiger partial charge in [-0.2, -0.15) is 39.5 Å². The lowest BCUT2D eigenvalue weighted by atomic mass is 9.75. The molecule has 16 heteroatoms. The third-order valence-corrected chi connectivity index (χ3v) is 9.09. The number of carbonyl (C=O) groups excluding carboxylic acids is 1. The van der Waals surface area contributed by atoms with Crippen molar-refractivity contribution in [2.24, 2.45) is 18.9 Å². The summed E-state index contributed by atoms with van der Waals surface area (Å²) in [6, 6.07) is 8.66. The predicted molar refractivity (Wildman–Crippen MR) is 145 cm³/mol. The topological polar surface area (TPSA) is 63.5 Å². The molecule has 2 atom stereocenters. The maximum Gasteiger partial charge on any atom is 0.416 e. The van der Waals surface area contributed by atoms with Crippen LogP contribution in [-0.2, 0) is 42.9 Å². The number of likely N-dealkylation sites (tertiary alicyclic amines) is 1. The molecule has 7 nitrogen and oxygen atoms in total. The van der Waals surface area contributed by atoms with Crippen LogP contribution in [0, 0.1) is 11.8 Å². The summed E-state index contributed by atoms with van der Waals surface area (Å²) in [5.41, 5.74) is -1.37. The van der Waals surface area contributed by atoms with Crippen LogP contribution >= 0.6 is 0 Å². The molecule has 2 unspecified atom stereocenters. The van der Waals surface area contributed by atoms with Crippen LogP contribution in [0.4, 0.5) is 45.2 Å². The lowest BCUT2D eigenvalue weighted by molar-refractivity contribution is -0.231. The van der Waals surface area contributed by atoms with Gasteiger partial charge >= 0.3 is 18.5 Å². The average molecular weight is 662 g/mol. The Balaban J connectivity index is 1.30. The van der Waals surface area contributed by atoms with E-state index >= 15 is 0 Å². The molecule has 1 amide bonds. The van der Waals surface area contributed by atoms with Gasteiger partial charge in [-0.3, -0.25) is 9.69 Å². The zero-order chi connectivity index (χ0) is 33.2. The number of halogens is 9. The van der Waals surface area contributed by atoms with E-state index in [1.807, 2.05) is 6.07 Å². The molecule has 3 aliphatic heterocycles. The molecule has 4 heterocycles. The van der Waals surface area contributed by atoms with Crippen molar-refractivity contribution in [3.63, 3.8) is 0 Å². The summed E-state index contributed by atoms with van der Waals surface area (Å²) in [5, 5.41) is 8.03. The quantitative estimate of drug-likeness (QED) is 0.301. The molecular weight excluding hydrogens is 633 g/mol. The minimum absolute atomic E-state index is 0.201. The second kappa shape index (κ2) is 11.2. The molecule has 248 valence electrons. The number of hydrogen-bond donors (Lipinski definition) is 0. The number of nitrogens with zero attached hydrogens (tertiary/aromatic N) is 5. The molecule has 0 saturated carbocycles. The molecule has 6 rings (SSSR count). The van der Waals surface area contributed by atoms with Crippen molar-refractivity contribution < 1.29 is 49.0 Å². The fourth-order valence-corrected chi connectivity index (χ4v) is 6.57. The van der Waals surface area contributed by atoms with Crippen LogP contribution in [0.2, 0.25) is 0 Å². The molecule has 2 fully saturated rings. The number of amides is 1.